The van der Waals surface area contributed by atoms with Crippen molar-refractivity contribution in [3.63, 3.8) is 0 Å². The van der Waals surface area contributed by atoms with Gasteiger partial charge in [0.1, 0.15) is 0 Å². The van der Waals surface area contributed by atoms with Crippen molar-refractivity contribution < 1.29 is 9.53 Å². The van der Waals surface area contributed by atoms with E-state index in [0.29, 0.717) is 12.3 Å². The highest BCUT2D eigenvalue weighted by Gasteiger charge is 2.22. The second kappa shape index (κ2) is 6.71. The third-order valence-corrected chi connectivity index (χ3v) is 3.77. The summed E-state index contributed by atoms with van der Waals surface area (Å²) in [7, 11) is 1.47. The molecule has 1 atom stereocenters. The van der Waals surface area contributed by atoms with Crippen LogP contribution >= 0.6 is 0 Å². The number of carbonyl (C=O) groups excluding carboxylic acids is 1. The number of likely N-dealkylation sites (tertiary alicyclic amines) is 1. The van der Waals surface area contributed by atoms with Crippen LogP contribution in [-0.4, -0.2) is 31.1 Å². The summed E-state index contributed by atoms with van der Waals surface area (Å²) in [6, 6.07) is 8.65. The summed E-state index contributed by atoms with van der Waals surface area (Å²) >= 11 is 0. The summed E-state index contributed by atoms with van der Waals surface area (Å²) in [6.07, 6.45) is 2.87. The van der Waals surface area contributed by atoms with Crippen LogP contribution in [0.5, 0.6) is 0 Å². The highest BCUT2D eigenvalue weighted by molar-refractivity contribution is 5.69. The van der Waals surface area contributed by atoms with E-state index in [1.165, 1.54) is 24.7 Å². The van der Waals surface area contributed by atoms with Crippen molar-refractivity contribution in [3.05, 3.63) is 35.4 Å². The molecule has 1 saturated heterocycles. The number of hydrogen-bond acceptors (Lipinski definition) is 3. The Hall–Kier alpha value is -1.35. The fraction of sp³-hybridized carbons (Fsp3) is 0.562. The molecule has 104 valence electrons. The zero-order valence-corrected chi connectivity index (χ0v) is 11.9. The lowest BCUT2D eigenvalue weighted by atomic mass is 9.94. The van der Waals surface area contributed by atoms with Gasteiger partial charge in [0, 0.05) is 19.5 Å². The van der Waals surface area contributed by atoms with E-state index in [1.54, 1.807) is 0 Å². The number of aryl methyl sites for hydroxylation is 1. The molecule has 3 nitrogen and oxygen atoms in total. The van der Waals surface area contributed by atoms with E-state index in [2.05, 4.69) is 36.1 Å². The number of methoxy groups -OCH3 is 1. The van der Waals surface area contributed by atoms with Crippen LogP contribution in [0.3, 0.4) is 0 Å². The molecule has 1 aromatic rings. The minimum Gasteiger partial charge on any atom is -0.469 e. The average molecular weight is 261 g/mol. The van der Waals surface area contributed by atoms with Gasteiger partial charge in [0.2, 0.25) is 0 Å². The molecule has 0 radical (unpaired) electrons. The van der Waals surface area contributed by atoms with Crippen molar-refractivity contribution in [2.45, 2.75) is 32.7 Å². The van der Waals surface area contributed by atoms with Gasteiger partial charge in [0.25, 0.3) is 0 Å². The molecule has 3 heteroatoms. The maximum absolute atomic E-state index is 11.3. The van der Waals surface area contributed by atoms with Gasteiger partial charge in [0.05, 0.1) is 7.11 Å². The molecule has 0 saturated carbocycles. The standard InChI is InChI=1S/C16H23NO2/c1-13-5-3-6-14(9-13)11-17-8-4-7-15(12-17)10-16(18)19-2/h3,5-6,9,15H,4,7-8,10-12H2,1-2H3. The first-order valence-corrected chi connectivity index (χ1v) is 7.02. The van der Waals surface area contributed by atoms with Crippen LogP contribution in [0.15, 0.2) is 24.3 Å². The highest BCUT2D eigenvalue weighted by Crippen LogP contribution is 2.21. The van der Waals surface area contributed by atoms with Crippen LogP contribution in [0.2, 0.25) is 0 Å². The largest absolute Gasteiger partial charge is 0.469 e. The van der Waals surface area contributed by atoms with Crippen molar-refractivity contribution in [3.8, 4) is 0 Å². The minimum absolute atomic E-state index is 0.0811. The second-order valence-corrected chi connectivity index (χ2v) is 5.51. The van der Waals surface area contributed by atoms with Gasteiger partial charge in [-0.2, -0.15) is 0 Å². The molecule has 0 aliphatic carbocycles. The molecule has 1 fully saturated rings. The van der Waals surface area contributed by atoms with Gasteiger partial charge in [-0.3, -0.25) is 9.69 Å². The quantitative estimate of drug-likeness (QED) is 0.781. The van der Waals surface area contributed by atoms with Gasteiger partial charge in [-0.15, -0.1) is 0 Å². The molecule has 1 aliphatic rings. The molecule has 1 unspecified atom stereocenters. The third-order valence-electron chi connectivity index (χ3n) is 3.77. The molecule has 19 heavy (non-hydrogen) atoms. The Morgan fingerprint density at radius 1 is 1.47 bits per heavy atom. The van der Waals surface area contributed by atoms with Crippen LogP contribution in [0.4, 0.5) is 0 Å². The summed E-state index contributed by atoms with van der Waals surface area (Å²) < 4.78 is 4.76. The van der Waals surface area contributed by atoms with E-state index in [0.717, 1.165) is 26.1 Å². The maximum Gasteiger partial charge on any atom is 0.305 e. The second-order valence-electron chi connectivity index (χ2n) is 5.51. The number of hydrogen-bond donors (Lipinski definition) is 0. The molecule has 1 aromatic carbocycles. The lowest BCUT2D eigenvalue weighted by molar-refractivity contribution is -0.142. The molecule has 2 rings (SSSR count). The smallest absolute Gasteiger partial charge is 0.305 e. The van der Waals surface area contributed by atoms with Crippen LogP contribution < -0.4 is 0 Å². The van der Waals surface area contributed by atoms with Gasteiger partial charge in [-0.1, -0.05) is 29.8 Å². The number of benzene rings is 1. The van der Waals surface area contributed by atoms with E-state index >= 15 is 0 Å². The van der Waals surface area contributed by atoms with Gasteiger partial charge in [-0.25, -0.2) is 0 Å². The first-order valence-electron chi connectivity index (χ1n) is 7.02. The van der Waals surface area contributed by atoms with Crippen LogP contribution in [0, 0.1) is 12.8 Å². The summed E-state index contributed by atoms with van der Waals surface area (Å²) in [5.74, 6) is 0.369. The zero-order chi connectivity index (χ0) is 13.7. The average Bonchev–Trinajstić information content (AvgIpc) is 2.39. The van der Waals surface area contributed by atoms with Crippen molar-refractivity contribution in [2.75, 3.05) is 20.2 Å². The SMILES string of the molecule is COC(=O)CC1CCCN(Cc2cccc(C)c2)C1. The molecular weight excluding hydrogens is 238 g/mol. The van der Waals surface area contributed by atoms with Gasteiger partial charge in [-0.05, 0) is 37.8 Å². The van der Waals surface area contributed by atoms with Crippen molar-refractivity contribution in [1.29, 1.82) is 0 Å². The third kappa shape index (κ3) is 4.35. The Bertz CT molecular complexity index is 431. The molecule has 0 aromatic heterocycles. The van der Waals surface area contributed by atoms with Crippen molar-refractivity contribution in [1.82, 2.24) is 4.90 Å². The van der Waals surface area contributed by atoms with E-state index in [1.807, 2.05) is 0 Å². The normalized spacial score (nSPS) is 20.2. The van der Waals surface area contributed by atoms with Crippen LogP contribution in [-0.2, 0) is 16.1 Å². The Morgan fingerprint density at radius 2 is 2.32 bits per heavy atom. The number of ether oxygens (including phenoxy) is 1. The number of rotatable bonds is 4. The Balaban J connectivity index is 1.89. The predicted molar refractivity (Wildman–Crippen MR) is 75.8 cm³/mol. The number of carbonyl (C=O) groups is 1. The van der Waals surface area contributed by atoms with E-state index in [4.69, 9.17) is 4.74 Å². The zero-order valence-electron chi connectivity index (χ0n) is 11.9. The summed E-state index contributed by atoms with van der Waals surface area (Å²) in [6.45, 7) is 5.24. The summed E-state index contributed by atoms with van der Waals surface area (Å²) in [4.78, 5) is 13.8. The Labute approximate surface area is 115 Å². The Kier molecular flexibility index (Phi) is 4.97. The molecule has 0 amide bonds. The summed E-state index contributed by atoms with van der Waals surface area (Å²) in [5, 5.41) is 0. The first kappa shape index (κ1) is 14.1. The first-order chi connectivity index (χ1) is 9.17. The van der Waals surface area contributed by atoms with E-state index < -0.39 is 0 Å². The van der Waals surface area contributed by atoms with Crippen LogP contribution in [0.1, 0.15) is 30.4 Å². The Morgan fingerprint density at radius 3 is 3.05 bits per heavy atom. The lowest BCUT2D eigenvalue weighted by Crippen LogP contribution is -2.35. The van der Waals surface area contributed by atoms with Crippen molar-refractivity contribution >= 4 is 5.97 Å². The minimum atomic E-state index is -0.0811. The van der Waals surface area contributed by atoms with Crippen LogP contribution in [0.25, 0.3) is 0 Å². The molecule has 1 aliphatic heterocycles. The molecule has 0 bridgehead atoms. The number of nitrogens with zero attached hydrogens (tertiary/aromatic N) is 1. The highest BCUT2D eigenvalue weighted by atomic mass is 16.5. The molecule has 1 heterocycles. The topological polar surface area (TPSA) is 29.5 Å². The summed E-state index contributed by atoms with van der Waals surface area (Å²) in [5.41, 5.74) is 2.67. The van der Waals surface area contributed by atoms with Crippen molar-refractivity contribution in [2.24, 2.45) is 5.92 Å². The molecular formula is C16H23NO2. The number of piperidine rings is 1. The van der Waals surface area contributed by atoms with Gasteiger partial charge >= 0.3 is 5.97 Å². The number of esters is 1. The van der Waals surface area contributed by atoms with E-state index in [9.17, 15) is 4.79 Å². The fourth-order valence-corrected chi connectivity index (χ4v) is 2.85. The van der Waals surface area contributed by atoms with Gasteiger partial charge in [0.15, 0.2) is 0 Å². The monoisotopic (exact) mass is 261 g/mol. The fourth-order valence-electron chi connectivity index (χ4n) is 2.85. The van der Waals surface area contributed by atoms with E-state index in [-0.39, 0.29) is 5.97 Å². The van der Waals surface area contributed by atoms with Gasteiger partial charge < -0.3 is 4.74 Å². The molecule has 0 N–H and O–H groups in total. The maximum atomic E-state index is 11.3. The molecule has 0 spiro atoms. The lowest BCUT2D eigenvalue weighted by Gasteiger charge is -2.32. The predicted octanol–water partition coefficient (Wildman–Crippen LogP) is 2.77.